The van der Waals surface area contributed by atoms with E-state index in [1.165, 1.54) is 0 Å². The van der Waals surface area contributed by atoms with Crippen molar-refractivity contribution in [1.29, 1.82) is 0 Å². The molecule has 1 aliphatic carbocycles. The van der Waals surface area contributed by atoms with Gasteiger partial charge >= 0.3 is 0 Å². The Bertz CT molecular complexity index is 173. The molecule has 0 amide bonds. The fourth-order valence-corrected chi connectivity index (χ4v) is 1.72. The van der Waals surface area contributed by atoms with Crippen LogP contribution in [-0.2, 0) is 9.47 Å². The molecule has 0 radical (unpaired) electrons. The summed E-state index contributed by atoms with van der Waals surface area (Å²) < 4.78 is 11.4. The van der Waals surface area contributed by atoms with Crippen molar-refractivity contribution < 1.29 is 9.47 Å². The zero-order chi connectivity index (χ0) is 11.3. The highest BCUT2D eigenvalue weighted by molar-refractivity contribution is 4.95. The fourth-order valence-electron chi connectivity index (χ4n) is 1.72. The zero-order valence-electron chi connectivity index (χ0n) is 10.2. The van der Waals surface area contributed by atoms with Crippen molar-refractivity contribution in [2.45, 2.75) is 58.3 Å². The highest BCUT2D eigenvalue weighted by Crippen LogP contribution is 2.26. The van der Waals surface area contributed by atoms with Gasteiger partial charge in [-0.15, -0.1) is 0 Å². The lowest BCUT2D eigenvalue weighted by Gasteiger charge is -2.41. The molecule has 3 unspecified atom stereocenters. The Morgan fingerprint density at radius 1 is 1.27 bits per heavy atom. The SMILES string of the molecule is CCCOC1C(N)CC1OCCC(C)C. The maximum absolute atomic E-state index is 5.88. The van der Waals surface area contributed by atoms with Crippen molar-refractivity contribution in [2.24, 2.45) is 11.7 Å². The first kappa shape index (κ1) is 12.9. The van der Waals surface area contributed by atoms with Gasteiger partial charge < -0.3 is 15.2 Å². The second-order valence-electron chi connectivity index (χ2n) is 4.83. The summed E-state index contributed by atoms with van der Waals surface area (Å²) in [6.45, 7) is 8.16. The van der Waals surface area contributed by atoms with Crippen LogP contribution in [0.25, 0.3) is 0 Å². The molecule has 0 aromatic rings. The lowest BCUT2D eigenvalue weighted by Crippen LogP contribution is -2.58. The minimum Gasteiger partial charge on any atom is -0.375 e. The Kier molecular flexibility index (Phi) is 5.58. The van der Waals surface area contributed by atoms with Gasteiger partial charge in [0.1, 0.15) is 0 Å². The molecule has 3 nitrogen and oxygen atoms in total. The number of ether oxygens (including phenoxy) is 2. The normalized spacial score (nSPS) is 30.6. The van der Waals surface area contributed by atoms with Gasteiger partial charge in [0.15, 0.2) is 0 Å². The summed E-state index contributed by atoms with van der Waals surface area (Å²) in [7, 11) is 0. The summed E-state index contributed by atoms with van der Waals surface area (Å²) >= 11 is 0. The van der Waals surface area contributed by atoms with Crippen molar-refractivity contribution in [2.75, 3.05) is 13.2 Å². The van der Waals surface area contributed by atoms with Gasteiger partial charge in [0.2, 0.25) is 0 Å². The van der Waals surface area contributed by atoms with E-state index in [0.717, 1.165) is 32.5 Å². The van der Waals surface area contributed by atoms with Crippen LogP contribution in [0.4, 0.5) is 0 Å². The van der Waals surface area contributed by atoms with Gasteiger partial charge in [-0.1, -0.05) is 20.8 Å². The third-order valence-electron chi connectivity index (χ3n) is 2.83. The van der Waals surface area contributed by atoms with Crippen LogP contribution in [0.3, 0.4) is 0 Å². The average Bonchev–Trinajstić information content (AvgIpc) is 2.16. The molecular formula is C12H25NO2. The maximum atomic E-state index is 5.88. The van der Waals surface area contributed by atoms with Gasteiger partial charge in [0, 0.05) is 19.3 Å². The van der Waals surface area contributed by atoms with E-state index in [4.69, 9.17) is 15.2 Å². The molecule has 0 aromatic heterocycles. The minimum atomic E-state index is 0.136. The first-order valence-corrected chi connectivity index (χ1v) is 6.14. The molecule has 0 aromatic carbocycles. The van der Waals surface area contributed by atoms with Crippen molar-refractivity contribution in [1.82, 2.24) is 0 Å². The summed E-state index contributed by atoms with van der Waals surface area (Å²) in [5.74, 6) is 0.703. The molecule has 0 heterocycles. The molecule has 1 rings (SSSR count). The van der Waals surface area contributed by atoms with E-state index >= 15 is 0 Å². The molecular weight excluding hydrogens is 190 g/mol. The van der Waals surface area contributed by atoms with E-state index in [1.54, 1.807) is 0 Å². The highest BCUT2D eigenvalue weighted by Gasteiger charge is 2.40. The van der Waals surface area contributed by atoms with Crippen molar-refractivity contribution in [3.05, 3.63) is 0 Å². The smallest absolute Gasteiger partial charge is 0.0988 e. The van der Waals surface area contributed by atoms with Crippen LogP contribution in [-0.4, -0.2) is 31.5 Å². The first-order chi connectivity index (χ1) is 7.15. The van der Waals surface area contributed by atoms with E-state index in [9.17, 15) is 0 Å². The second-order valence-corrected chi connectivity index (χ2v) is 4.83. The molecule has 1 fully saturated rings. The third kappa shape index (κ3) is 4.09. The van der Waals surface area contributed by atoms with Crippen LogP contribution in [0, 0.1) is 5.92 Å². The van der Waals surface area contributed by atoms with Crippen LogP contribution in [0.15, 0.2) is 0 Å². The Labute approximate surface area is 93.3 Å². The van der Waals surface area contributed by atoms with Crippen molar-refractivity contribution in [3.63, 3.8) is 0 Å². The highest BCUT2D eigenvalue weighted by atomic mass is 16.5. The van der Waals surface area contributed by atoms with Gasteiger partial charge in [-0.2, -0.15) is 0 Å². The predicted molar refractivity (Wildman–Crippen MR) is 61.8 cm³/mol. The molecule has 0 bridgehead atoms. The van der Waals surface area contributed by atoms with E-state index in [0.29, 0.717) is 5.92 Å². The Morgan fingerprint density at radius 3 is 2.53 bits per heavy atom. The molecule has 1 aliphatic rings. The summed E-state index contributed by atoms with van der Waals surface area (Å²) in [5, 5.41) is 0. The fraction of sp³-hybridized carbons (Fsp3) is 1.00. The summed E-state index contributed by atoms with van der Waals surface area (Å²) in [6.07, 6.45) is 3.49. The standard InChI is InChI=1S/C12H25NO2/c1-4-6-15-12-10(13)8-11(12)14-7-5-9(2)3/h9-12H,4-8,13H2,1-3H3. The Morgan fingerprint density at radius 2 is 2.00 bits per heavy atom. The zero-order valence-corrected chi connectivity index (χ0v) is 10.2. The lowest BCUT2D eigenvalue weighted by atomic mass is 9.86. The number of hydrogen-bond acceptors (Lipinski definition) is 3. The number of rotatable bonds is 7. The lowest BCUT2D eigenvalue weighted by molar-refractivity contribution is -0.140. The molecule has 90 valence electrons. The van der Waals surface area contributed by atoms with E-state index in [2.05, 4.69) is 20.8 Å². The average molecular weight is 215 g/mol. The third-order valence-corrected chi connectivity index (χ3v) is 2.83. The van der Waals surface area contributed by atoms with Gasteiger partial charge in [-0.3, -0.25) is 0 Å². The quantitative estimate of drug-likeness (QED) is 0.706. The van der Waals surface area contributed by atoms with Crippen molar-refractivity contribution >= 4 is 0 Å². The summed E-state index contributed by atoms with van der Waals surface area (Å²) in [5.41, 5.74) is 5.88. The molecule has 3 heteroatoms. The summed E-state index contributed by atoms with van der Waals surface area (Å²) in [6, 6.07) is 0.181. The summed E-state index contributed by atoms with van der Waals surface area (Å²) in [4.78, 5) is 0. The van der Waals surface area contributed by atoms with E-state index < -0.39 is 0 Å². The van der Waals surface area contributed by atoms with Crippen molar-refractivity contribution in [3.8, 4) is 0 Å². The van der Waals surface area contributed by atoms with Gasteiger partial charge in [-0.25, -0.2) is 0 Å². The Balaban J connectivity index is 2.13. The molecule has 2 N–H and O–H groups in total. The van der Waals surface area contributed by atoms with E-state index in [1.807, 2.05) is 0 Å². The van der Waals surface area contributed by atoms with Crippen LogP contribution in [0.5, 0.6) is 0 Å². The minimum absolute atomic E-state index is 0.136. The predicted octanol–water partition coefficient (Wildman–Crippen LogP) is 1.94. The van der Waals surface area contributed by atoms with Gasteiger partial charge in [0.05, 0.1) is 12.2 Å². The van der Waals surface area contributed by atoms with Crippen LogP contribution >= 0.6 is 0 Å². The molecule has 15 heavy (non-hydrogen) atoms. The Hall–Kier alpha value is -0.120. The van der Waals surface area contributed by atoms with Crippen LogP contribution in [0.1, 0.15) is 40.0 Å². The molecule has 3 atom stereocenters. The second kappa shape index (κ2) is 6.46. The number of hydrogen-bond donors (Lipinski definition) is 1. The van der Waals surface area contributed by atoms with Crippen LogP contribution in [0.2, 0.25) is 0 Å². The first-order valence-electron chi connectivity index (χ1n) is 6.14. The molecule has 0 spiro atoms. The largest absolute Gasteiger partial charge is 0.375 e. The maximum Gasteiger partial charge on any atom is 0.0988 e. The molecule has 1 saturated carbocycles. The van der Waals surface area contributed by atoms with Gasteiger partial charge in [-0.05, 0) is 25.2 Å². The molecule has 0 saturated heterocycles. The van der Waals surface area contributed by atoms with Gasteiger partial charge in [0.25, 0.3) is 0 Å². The van der Waals surface area contributed by atoms with Crippen LogP contribution < -0.4 is 5.73 Å². The topological polar surface area (TPSA) is 44.5 Å². The molecule has 0 aliphatic heterocycles. The monoisotopic (exact) mass is 215 g/mol. The van der Waals surface area contributed by atoms with E-state index in [-0.39, 0.29) is 18.2 Å². The number of nitrogens with two attached hydrogens (primary N) is 1.